The Bertz CT molecular complexity index is 760. The van der Waals surface area contributed by atoms with E-state index in [4.69, 9.17) is 13.9 Å². The van der Waals surface area contributed by atoms with E-state index in [1.165, 1.54) is 0 Å². The van der Waals surface area contributed by atoms with Crippen molar-refractivity contribution in [3.05, 3.63) is 24.2 Å². The number of ether oxygens (including phenoxy) is 2. The van der Waals surface area contributed by atoms with Crippen molar-refractivity contribution in [3.8, 4) is 0 Å². The summed E-state index contributed by atoms with van der Waals surface area (Å²) >= 11 is 0. The first kappa shape index (κ1) is 16.8. The van der Waals surface area contributed by atoms with E-state index in [9.17, 15) is 15.0 Å². The molecule has 1 spiro atoms. The van der Waals surface area contributed by atoms with Gasteiger partial charge in [-0.2, -0.15) is 0 Å². The Morgan fingerprint density at radius 1 is 1.31 bits per heavy atom. The zero-order valence-corrected chi connectivity index (χ0v) is 15.4. The van der Waals surface area contributed by atoms with Crippen molar-refractivity contribution in [2.75, 3.05) is 0 Å². The standard InChI is InChI=1S/C20H26O6/c1-11-8-14(21)17(2)18(3)15(26-18)4-6-20(17,23)19(11)9-13(25-16(19)22)12-5-7-24-10-12/h5,7,10-11,13-15,21,23H,4,6,8-9H2,1-3H3/t11-,13-,14-,15-,17+,18-,19+,20-/m1/s1. The fourth-order valence-electron chi connectivity index (χ4n) is 6.57. The number of hydrogen-bond acceptors (Lipinski definition) is 6. The molecule has 3 heterocycles. The van der Waals surface area contributed by atoms with Crippen LogP contribution in [-0.2, 0) is 14.3 Å². The van der Waals surface area contributed by atoms with Crippen LogP contribution in [0, 0.1) is 16.7 Å². The quantitative estimate of drug-likeness (QED) is 0.588. The van der Waals surface area contributed by atoms with E-state index in [0.29, 0.717) is 25.7 Å². The normalized spacial score (nSPS) is 55.3. The lowest BCUT2D eigenvalue weighted by atomic mass is 9.41. The van der Waals surface area contributed by atoms with Gasteiger partial charge < -0.3 is 24.1 Å². The van der Waals surface area contributed by atoms with E-state index in [1.54, 1.807) is 18.6 Å². The van der Waals surface area contributed by atoms with E-state index in [2.05, 4.69) is 0 Å². The van der Waals surface area contributed by atoms with Crippen LogP contribution in [0.3, 0.4) is 0 Å². The van der Waals surface area contributed by atoms with Gasteiger partial charge in [0.05, 0.1) is 35.8 Å². The third-order valence-electron chi connectivity index (χ3n) is 8.46. The molecule has 26 heavy (non-hydrogen) atoms. The second-order valence-electron chi connectivity index (χ2n) is 9.09. The summed E-state index contributed by atoms with van der Waals surface area (Å²) in [5.74, 6) is -0.557. The summed E-state index contributed by atoms with van der Waals surface area (Å²) in [6.45, 7) is 5.80. The van der Waals surface area contributed by atoms with E-state index in [-0.39, 0.29) is 18.0 Å². The van der Waals surface area contributed by atoms with Gasteiger partial charge in [0, 0.05) is 12.0 Å². The van der Waals surface area contributed by atoms with E-state index < -0.39 is 34.2 Å². The lowest BCUT2D eigenvalue weighted by Gasteiger charge is -2.64. The number of rotatable bonds is 1. The molecule has 2 saturated heterocycles. The molecule has 8 atom stereocenters. The summed E-state index contributed by atoms with van der Waals surface area (Å²) in [6, 6.07) is 1.80. The molecule has 0 radical (unpaired) electrons. The zero-order chi connectivity index (χ0) is 18.5. The first-order chi connectivity index (χ1) is 12.2. The number of furan rings is 1. The minimum absolute atomic E-state index is 0.0370. The highest BCUT2D eigenvalue weighted by atomic mass is 16.6. The van der Waals surface area contributed by atoms with Crippen molar-refractivity contribution in [1.82, 2.24) is 0 Å². The second kappa shape index (κ2) is 4.72. The molecular weight excluding hydrogens is 336 g/mol. The molecule has 4 fully saturated rings. The minimum Gasteiger partial charge on any atom is -0.472 e. The Labute approximate surface area is 152 Å². The predicted octanol–water partition coefficient (Wildman–Crippen LogP) is 2.34. The van der Waals surface area contributed by atoms with Crippen LogP contribution in [0.15, 0.2) is 23.0 Å². The van der Waals surface area contributed by atoms with E-state index in [0.717, 1.165) is 5.56 Å². The Hall–Kier alpha value is -1.37. The Morgan fingerprint density at radius 3 is 2.77 bits per heavy atom. The highest BCUT2D eigenvalue weighted by molar-refractivity contribution is 5.82. The van der Waals surface area contributed by atoms with Crippen LogP contribution in [0.4, 0.5) is 0 Å². The number of fused-ring (bicyclic) bond motifs is 4. The molecule has 2 aliphatic carbocycles. The van der Waals surface area contributed by atoms with Crippen LogP contribution >= 0.6 is 0 Å². The third kappa shape index (κ3) is 1.55. The van der Waals surface area contributed by atoms with E-state index in [1.807, 2.05) is 20.8 Å². The first-order valence-corrected chi connectivity index (χ1v) is 9.52. The fourth-order valence-corrected chi connectivity index (χ4v) is 6.57. The third-order valence-corrected chi connectivity index (χ3v) is 8.46. The van der Waals surface area contributed by atoms with Crippen molar-refractivity contribution < 1.29 is 28.9 Å². The average molecular weight is 362 g/mol. The molecule has 6 heteroatoms. The van der Waals surface area contributed by atoms with Crippen molar-refractivity contribution in [2.24, 2.45) is 16.7 Å². The van der Waals surface area contributed by atoms with Crippen molar-refractivity contribution >= 4 is 5.97 Å². The van der Waals surface area contributed by atoms with Gasteiger partial charge in [-0.05, 0) is 38.2 Å². The van der Waals surface area contributed by atoms with Crippen LogP contribution in [0.25, 0.3) is 0 Å². The molecule has 6 nitrogen and oxygen atoms in total. The SMILES string of the molecule is C[C@@H]1C[C@@H](O)[C@]2(C)[C@](O)(CC[C@H]3O[C@]32C)[C@@]12C[C@H](c1ccoc1)OC2=O. The molecular formula is C20H26O6. The van der Waals surface area contributed by atoms with Crippen molar-refractivity contribution in [2.45, 2.75) is 76.0 Å². The van der Waals surface area contributed by atoms with Crippen LogP contribution in [-0.4, -0.2) is 39.6 Å². The minimum atomic E-state index is -1.38. The summed E-state index contributed by atoms with van der Waals surface area (Å²) in [7, 11) is 0. The van der Waals surface area contributed by atoms with Gasteiger partial charge in [-0.1, -0.05) is 13.8 Å². The molecule has 4 aliphatic rings. The average Bonchev–Trinajstić information content (AvgIpc) is 2.97. The maximum absolute atomic E-state index is 13.3. The largest absolute Gasteiger partial charge is 0.472 e. The molecule has 1 aromatic rings. The number of carbonyl (C=O) groups excluding carboxylic acids is 1. The zero-order valence-electron chi connectivity index (χ0n) is 15.4. The molecule has 1 aromatic heterocycles. The number of aliphatic hydroxyl groups excluding tert-OH is 1. The summed E-state index contributed by atoms with van der Waals surface area (Å²) in [5, 5.41) is 23.2. The summed E-state index contributed by atoms with van der Waals surface area (Å²) in [4.78, 5) is 13.3. The van der Waals surface area contributed by atoms with Gasteiger partial charge in [0.15, 0.2) is 0 Å². The lowest BCUT2D eigenvalue weighted by Crippen LogP contribution is -2.75. The summed E-state index contributed by atoms with van der Waals surface area (Å²) < 4.78 is 16.9. The van der Waals surface area contributed by atoms with E-state index >= 15 is 0 Å². The number of epoxide rings is 1. The molecule has 0 aromatic carbocycles. The van der Waals surface area contributed by atoms with Gasteiger partial charge in [0.1, 0.15) is 17.1 Å². The monoisotopic (exact) mass is 362 g/mol. The lowest BCUT2D eigenvalue weighted by molar-refractivity contribution is -0.272. The number of esters is 1. The highest BCUT2D eigenvalue weighted by Crippen LogP contribution is 2.73. The number of cyclic esters (lactones) is 1. The molecule has 2 N–H and O–H groups in total. The van der Waals surface area contributed by atoms with Crippen LogP contribution in [0.2, 0.25) is 0 Å². The maximum Gasteiger partial charge on any atom is 0.316 e. The first-order valence-electron chi connectivity index (χ1n) is 9.52. The van der Waals surface area contributed by atoms with Crippen LogP contribution < -0.4 is 0 Å². The topological polar surface area (TPSA) is 92.4 Å². The molecule has 2 aliphatic heterocycles. The maximum atomic E-state index is 13.3. The smallest absolute Gasteiger partial charge is 0.316 e. The number of carbonyl (C=O) groups is 1. The van der Waals surface area contributed by atoms with Gasteiger partial charge in [0.25, 0.3) is 0 Å². The number of aliphatic hydroxyl groups is 2. The Balaban J connectivity index is 1.65. The predicted molar refractivity (Wildman–Crippen MR) is 89.9 cm³/mol. The second-order valence-corrected chi connectivity index (χ2v) is 9.09. The fraction of sp³-hybridized carbons (Fsp3) is 0.750. The Morgan fingerprint density at radius 2 is 2.08 bits per heavy atom. The summed E-state index contributed by atoms with van der Waals surface area (Å²) in [5.41, 5.74) is -3.15. The van der Waals surface area contributed by atoms with Crippen LogP contribution in [0.1, 0.15) is 58.1 Å². The van der Waals surface area contributed by atoms with Gasteiger partial charge in [-0.15, -0.1) is 0 Å². The van der Waals surface area contributed by atoms with Gasteiger partial charge in [-0.25, -0.2) is 0 Å². The molecule has 0 unspecified atom stereocenters. The molecule has 0 bridgehead atoms. The molecule has 0 amide bonds. The number of hydrogen-bond donors (Lipinski definition) is 2. The molecule has 2 saturated carbocycles. The molecule has 142 valence electrons. The van der Waals surface area contributed by atoms with Crippen molar-refractivity contribution in [3.63, 3.8) is 0 Å². The molecule has 5 rings (SSSR count). The summed E-state index contributed by atoms with van der Waals surface area (Å²) in [6.07, 6.45) is 3.98. The van der Waals surface area contributed by atoms with Gasteiger partial charge in [0.2, 0.25) is 0 Å². The van der Waals surface area contributed by atoms with Crippen molar-refractivity contribution in [1.29, 1.82) is 0 Å². The highest BCUT2D eigenvalue weighted by Gasteiger charge is 2.84. The van der Waals surface area contributed by atoms with Gasteiger partial charge >= 0.3 is 5.97 Å². The van der Waals surface area contributed by atoms with Gasteiger partial charge in [-0.3, -0.25) is 4.79 Å². The Kier molecular flexibility index (Phi) is 3.05. The van der Waals surface area contributed by atoms with Crippen LogP contribution in [0.5, 0.6) is 0 Å².